The van der Waals surface area contributed by atoms with Gasteiger partial charge in [-0.2, -0.15) is 0 Å². The van der Waals surface area contributed by atoms with Crippen molar-refractivity contribution in [2.24, 2.45) is 10.6 Å². The number of benzene rings is 1. The lowest BCUT2D eigenvalue weighted by Crippen LogP contribution is -2.24. The maximum Gasteiger partial charge on any atom is 0.340 e. The Bertz CT molecular complexity index is 438. The summed E-state index contributed by atoms with van der Waals surface area (Å²) in [6.07, 6.45) is 2.18. The summed E-state index contributed by atoms with van der Waals surface area (Å²) in [7, 11) is 1.58. The Balaban J connectivity index is 2.68. The summed E-state index contributed by atoms with van der Waals surface area (Å²) in [4.78, 5) is 16.5. The molecule has 4 heteroatoms. The number of nitrogens with zero attached hydrogens (tertiary/aromatic N) is 1. The van der Waals surface area contributed by atoms with Gasteiger partial charge in [0.05, 0.1) is 18.7 Å². The largest absolute Gasteiger partial charge is 0.496 e. The van der Waals surface area contributed by atoms with Crippen LogP contribution in [-0.4, -0.2) is 19.3 Å². The molecule has 0 aliphatic heterocycles. The summed E-state index contributed by atoms with van der Waals surface area (Å²) < 4.78 is 5.16. The predicted octanol–water partition coefficient (Wildman–Crippen LogP) is 3.01. The highest BCUT2D eigenvalue weighted by Gasteiger charge is 2.27. The Morgan fingerprint density at radius 2 is 2.06 bits per heavy atom. The van der Waals surface area contributed by atoms with Gasteiger partial charge in [0, 0.05) is 5.56 Å². The van der Waals surface area contributed by atoms with Gasteiger partial charge >= 0.3 is 5.97 Å². The molecule has 18 heavy (non-hydrogen) atoms. The molecule has 0 bridgehead atoms. The zero-order valence-electron chi connectivity index (χ0n) is 11.3. The summed E-state index contributed by atoms with van der Waals surface area (Å²) >= 11 is 0. The number of hydrogen-bond donors (Lipinski definition) is 0. The molecule has 1 aromatic carbocycles. The van der Waals surface area contributed by atoms with Crippen LogP contribution in [0, 0.1) is 5.41 Å². The first-order chi connectivity index (χ1) is 8.51. The highest BCUT2D eigenvalue weighted by molar-refractivity contribution is 5.84. The van der Waals surface area contributed by atoms with Crippen molar-refractivity contribution in [3.63, 3.8) is 0 Å². The molecule has 1 rings (SSSR count). The minimum absolute atomic E-state index is 0.337. The standard InChI is InChI=1S/C14H19NO3/c1-5-14(2,3)13(16)18-15-10-11-8-6-7-9-12(11)17-4/h6-10H,5H2,1-4H3. The molecule has 0 fully saturated rings. The minimum atomic E-state index is -0.516. The van der Waals surface area contributed by atoms with Gasteiger partial charge in [-0.3, -0.25) is 0 Å². The molecule has 4 nitrogen and oxygen atoms in total. The zero-order valence-corrected chi connectivity index (χ0v) is 11.3. The molecular formula is C14H19NO3. The molecule has 0 N–H and O–H groups in total. The molecule has 0 saturated heterocycles. The lowest BCUT2D eigenvalue weighted by molar-refractivity contribution is -0.154. The Morgan fingerprint density at radius 1 is 1.39 bits per heavy atom. The monoisotopic (exact) mass is 249 g/mol. The normalized spacial score (nSPS) is 11.6. The molecule has 0 amide bonds. The molecule has 0 aliphatic rings. The van der Waals surface area contributed by atoms with E-state index in [4.69, 9.17) is 9.57 Å². The van der Waals surface area contributed by atoms with Crippen LogP contribution in [0.15, 0.2) is 29.4 Å². The van der Waals surface area contributed by atoms with E-state index >= 15 is 0 Å². The van der Waals surface area contributed by atoms with Crippen molar-refractivity contribution in [3.05, 3.63) is 29.8 Å². The minimum Gasteiger partial charge on any atom is -0.496 e. The average molecular weight is 249 g/mol. The van der Waals surface area contributed by atoms with Crippen molar-refractivity contribution in [1.29, 1.82) is 0 Å². The zero-order chi connectivity index (χ0) is 13.6. The fraction of sp³-hybridized carbons (Fsp3) is 0.429. The van der Waals surface area contributed by atoms with Gasteiger partial charge in [-0.25, -0.2) is 4.79 Å². The predicted molar refractivity (Wildman–Crippen MR) is 70.8 cm³/mol. The number of oxime groups is 1. The topological polar surface area (TPSA) is 47.9 Å². The molecule has 1 aromatic rings. The van der Waals surface area contributed by atoms with E-state index in [1.807, 2.05) is 45.0 Å². The van der Waals surface area contributed by atoms with E-state index in [0.29, 0.717) is 12.2 Å². The number of para-hydroxylation sites is 1. The Kier molecular flexibility index (Phi) is 4.89. The molecule has 0 saturated carbocycles. The molecule has 0 radical (unpaired) electrons. The molecular weight excluding hydrogens is 230 g/mol. The number of carbonyl (C=O) groups excluding carboxylic acids is 1. The lowest BCUT2D eigenvalue weighted by atomic mass is 9.91. The number of methoxy groups -OCH3 is 1. The molecule has 0 spiro atoms. The van der Waals surface area contributed by atoms with Gasteiger partial charge in [-0.05, 0) is 32.4 Å². The van der Waals surface area contributed by atoms with Gasteiger partial charge in [-0.15, -0.1) is 0 Å². The van der Waals surface area contributed by atoms with Gasteiger partial charge in [-0.1, -0.05) is 24.2 Å². The summed E-state index contributed by atoms with van der Waals surface area (Å²) in [5.74, 6) is 0.350. The van der Waals surface area contributed by atoms with Gasteiger partial charge in [0.2, 0.25) is 0 Å². The third kappa shape index (κ3) is 3.58. The van der Waals surface area contributed by atoms with Crippen LogP contribution in [-0.2, 0) is 9.63 Å². The van der Waals surface area contributed by atoms with E-state index in [9.17, 15) is 4.79 Å². The third-order valence-electron chi connectivity index (χ3n) is 2.90. The Hall–Kier alpha value is -1.84. The van der Waals surface area contributed by atoms with Crippen LogP contribution >= 0.6 is 0 Å². The third-order valence-corrected chi connectivity index (χ3v) is 2.90. The van der Waals surface area contributed by atoms with Crippen LogP contribution in [0.5, 0.6) is 5.75 Å². The fourth-order valence-corrected chi connectivity index (χ4v) is 1.17. The van der Waals surface area contributed by atoms with E-state index in [0.717, 1.165) is 5.56 Å². The van der Waals surface area contributed by atoms with Crippen molar-refractivity contribution in [3.8, 4) is 5.75 Å². The van der Waals surface area contributed by atoms with Crippen LogP contribution < -0.4 is 4.74 Å². The SMILES string of the molecule is CCC(C)(C)C(=O)ON=Cc1ccccc1OC. The van der Waals surface area contributed by atoms with Crippen molar-refractivity contribution in [1.82, 2.24) is 0 Å². The highest BCUT2D eigenvalue weighted by atomic mass is 16.7. The molecule has 0 aliphatic carbocycles. The Labute approximate surface area is 108 Å². The van der Waals surface area contributed by atoms with Crippen LogP contribution in [0.2, 0.25) is 0 Å². The first-order valence-corrected chi connectivity index (χ1v) is 5.89. The molecule has 0 unspecified atom stereocenters. The number of rotatable bonds is 5. The molecule has 0 atom stereocenters. The maximum atomic E-state index is 11.7. The molecule has 0 heterocycles. The number of ether oxygens (including phenoxy) is 1. The first kappa shape index (κ1) is 14.2. The van der Waals surface area contributed by atoms with Crippen LogP contribution in [0.4, 0.5) is 0 Å². The van der Waals surface area contributed by atoms with E-state index < -0.39 is 5.41 Å². The van der Waals surface area contributed by atoms with Crippen molar-refractivity contribution < 1.29 is 14.4 Å². The molecule has 0 aromatic heterocycles. The first-order valence-electron chi connectivity index (χ1n) is 5.89. The maximum absolute atomic E-state index is 11.7. The summed E-state index contributed by atoms with van der Waals surface area (Å²) in [6, 6.07) is 7.38. The fourth-order valence-electron chi connectivity index (χ4n) is 1.17. The van der Waals surface area contributed by atoms with Gasteiger partial charge in [0.25, 0.3) is 0 Å². The van der Waals surface area contributed by atoms with Gasteiger partial charge in [0.1, 0.15) is 5.75 Å². The average Bonchev–Trinajstić information content (AvgIpc) is 2.39. The number of carbonyl (C=O) groups is 1. The van der Waals surface area contributed by atoms with E-state index in [1.165, 1.54) is 6.21 Å². The second kappa shape index (κ2) is 6.19. The van der Waals surface area contributed by atoms with E-state index in [1.54, 1.807) is 7.11 Å². The number of hydrogen-bond acceptors (Lipinski definition) is 4. The van der Waals surface area contributed by atoms with E-state index in [-0.39, 0.29) is 5.97 Å². The van der Waals surface area contributed by atoms with Crippen molar-refractivity contribution in [2.75, 3.05) is 7.11 Å². The summed E-state index contributed by atoms with van der Waals surface area (Å²) in [5, 5.41) is 3.71. The van der Waals surface area contributed by atoms with Crippen molar-refractivity contribution in [2.45, 2.75) is 27.2 Å². The van der Waals surface area contributed by atoms with Gasteiger partial charge < -0.3 is 9.57 Å². The van der Waals surface area contributed by atoms with E-state index in [2.05, 4.69) is 5.16 Å². The van der Waals surface area contributed by atoms with Gasteiger partial charge in [0.15, 0.2) is 0 Å². The highest BCUT2D eigenvalue weighted by Crippen LogP contribution is 2.21. The van der Waals surface area contributed by atoms with Crippen LogP contribution in [0.3, 0.4) is 0 Å². The second-order valence-corrected chi connectivity index (χ2v) is 4.59. The van der Waals surface area contributed by atoms with Crippen LogP contribution in [0.25, 0.3) is 0 Å². The smallest absolute Gasteiger partial charge is 0.340 e. The molecule has 98 valence electrons. The second-order valence-electron chi connectivity index (χ2n) is 4.59. The van der Waals surface area contributed by atoms with Crippen LogP contribution in [0.1, 0.15) is 32.8 Å². The summed E-state index contributed by atoms with van der Waals surface area (Å²) in [6.45, 7) is 5.59. The quantitative estimate of drug-likeness (QED) is 0.458. The Morgan fingerprint density at radius 3 is 2.67 bits per heavy atom. The lowest BCUT2D eigenvalue weighted by Gasteiger charge is -2.17. The van der Waals surface area contributed by atoms with Crippen molar-refractivity contribution >= 4 is 12.2 Å². The summed E-state index contributed by atoms with van der Waals surface area (Å²) in [5.41, 5.74) is 0.250.